The summed E-state index contributed by atoms with van der Waals surface area (Å²) in [6.07, 6.45) is 0.931. The molecule has 1 unspecified atom stereocenters. The molecule has 24 heavy (non-hydrogen) atoms. The monoisotopic (exact) mass is 332 g/mol. The molecule has 1 atom stereocenters. The molecule has 0 spiro atoms. The third-order valence-electron chi connectivity index (χ3n) is 4.37. The highest BCUT2D eigenvalue weighted by molar-refractivity contribution is 5.92. The van der Waals surface area contributed by atoms with E-state index in [0.717, 1.165) is 18.7 Å². The predicted octanol–water partition coefficient (Wildman–Crippen LogP) is 1.57. The van der Waals surface area contributed by atoms with E-state index in [1.165, 1.54) is 0 Å². The number of nitrogens with one attached hydrogen (secondary N) is 1. The molecule has 3 rings (SSSR count). The molecular formula is C16H24N6O2. The van der Waals surface area contributed by atoms with Crippen molar-refractivity contribution in [2.75, 3.05) is 20.1 Å². The van der Waals surface area contributed by atoms with Crippen LogP contribution in [0.1, 0.15) is 54.1 Å². The van der Waals surface area contributed by atoms with Crippen LogP contribution in [0, 0.1) is 6.92 Å². The third kappa shape index (κ3) is 3.48. The second-order valence-corrected chi connectivity index (χ2v) is 6.75. The van der Waals surface area contributed by atoms with Crippen molar-refractivity contribution < 1.29 is 9.32 Å². The maximum atomic E-state index is 12.5. The molecule has 0 bridgehead atoms. The Morgan fingerprint density at radius 2 is 2.33 bits per heavy atom. The van der Waals surface area contributed by atoms with E-state index in [4.69, 9.17) is 4.52 Å². The minimum Gasteiger partial charge on any atom is -0.339 e. The van der Waals surface area contributed by atoms with Crippen molar-refractivity contribution in [1.29, 1.82) is 0 Å². The summed E-state index contributed by atoms with van der Waals surface area (Å²) >= 11 is 0. The first kappa shape index (κ1) is 16.6. The van der Waals surface area contributed by atoms with Crippen molar-refractivity contribution >= 4 is 5.91 Å². The number of likely N-dealkylation sites (N-methyl/N-ethyl adjacent to an activating group) is 1. The second kappa shape index (κ2) is 6.72. The van der Waals surface area contributed by atoms with Crippen molar-refractivity contribution in [2.45, 2.75) is 45.7 Å². The lowest BCUT2D eigenvalue weighted by molar-refractivity contribution is 0.0773. The van der Waals surface area contributed by atoms with E-state index in [1.54, 1.807) is 6.07 Å². The van der Waals surface area contributed by atoms with Gasteiger partial charge >= 0.3 is 0 Å². The highest BCUT2D eigenvalue weighted by Gasteiger charge is 2.30. The molecule has 1 aliphatic heterocycles. The fraction of sp³-hybridized carbons (Fsp3) is 0.625. The van der Waals surface area contributed by atoms with Crippen molar-refractivity contribution in [2.24, 2.45) is 0 Å². The zero-order valence-corrected chi connectivity index (χ0v) is 14.6. The minimum atomic E-state index is -0.0168. The van der Waals surface area contributed by atoms with Crippen LogP contribution in [0.15, 0.2) is 10.6 Å². The number of hydrogen-bond acceptors (Lipinski definition) is 6. The summed E-state index contributed by atoms with van der Waals surface area (Å²) in [5.41, 5.74) is 1.37. The number of rotatable bonds is 5. The first-order valence-electron chi connectivity index (χ1n) is 8.28. The Kier molecular flexibility index (Phi) is 4.66. The van der Waals surface area contributed by atoms with Crippen molar-refractivity contribution in [3.63, 3.8) is 0 Å². The minimum absolute atomic E-state index is 0.0168. The SMILES string of the molecule is Cc1cc(C(=O)N2CCC(N(C)Cc3noc(C(C)C)n3)C2)n[nH]1. The molecule has 1 amide bonds. The highest BCUT2D eigenvalue weighted by Crippen LogP contribution is 2.19. The fourth-order valence-electron chi connectivity index (χ4n) is 2.89. The number of nitrogens with zero attached hydrogens (tertiary/aromatic N) is 5. The molecule has 2 aromatic heterocycles. The molecule has 1 N–H and O–H groups in total. The van der Waals surface area contributed by atoms with Crippen molar-refractivity contribution in [3.05, 3.63) is 29.2 Å². The summed E-state index contributed by atoms with van der Waals surface area (Å²) in [4.78, 5) is 20.9. The van der Waals surface area contributed by atoms with E-state index in [1.807, 2.05) is 32.7 Å². The topological polar surface area (TPSA) is 91.2 Å². The van der Waals surface area contributed by atoms with Crippen LogP contribution in [-0.4, -0.2) is 62.2 Å². The van der Waals surface area contributed by atoms with E-state index < -0.39 is 0 Å². The Morgan fingerprint density at radius 1 is 1.54 bits per heavy atom. The van der Waals surface area contributed by atoms with Gasteiger partial charge in [0.05, 0.1) is 6.54 Å². The number of likely N-dealkylation sites (tertiary alicyclic amines) is 1. The number of aromatic amines is 1. The molecule has 1 fully saturated rings. The van der Waals surface area contributed by atoms with E-state index in [9.17, 15) is 4.79 Å². The molecule has 0 aliphatic carbocycles. The summed E-state index contributed by atoms with van der Waals surface area (Å²) in [7, 11) is 2.03. The molecule has 1 saturated heterocycles. The number of aryl methyl sites for hydroxylation is 1. The van der Waals surface area contributed by atoms with Gasteiger partial charge in [0, 0.05) is 30.7 Å². The van der Waals surface area contributed by atoms with E-state index in [-0.39, 0.29) is 17.9 Å². The molecule has 0 radical (unpaired) electrons. The van der Waals surface area contributed by atoms with Gasteiger partial charge in [-0.15, -0.1) is 0 Å². The van der Waals surface area contributed by atoms with Gasteiger partial charge < -0.3 is 9.42 Å². The number of carbonyl (C=O) groups is 1. The Balaban J connectivity index is 1.57. The predicted molar refractivity (Wildman–Crippen MR) is 87.5 cm³/mol. The molecule has 3 heterocycles. The molecule has 1 aliphatic rings. The fourth-order valence-corrected chi connectivity index (χ4v) is 2.89. The van der Waals surface area contributed by atoms with Gasteiger partial charge in [-0.2, -0.15) is 10.1 Å². The molecule has 0 aromatic carbocycles. The lowest BCUT2D eigenvalue weighted by atomic mass is 10.2. The number of amides is 1. The second-order valence-electron chi connectivity index (χ2n) is 6.75. The third-order valence-corrected chi connectivity index (χ3v) is 4.37. The first-order chi connectivity index (χ1) is 11.4. The Hall–Kier alpha value is -2.22. The normalized spacial score (nSPS) is 18.1. The zero-order valence-electron chi connectivity index (χ0n) is 14.6. The van der Waals surface area contributed by atoms with Crippen LogP contribution in [0.5, 0.6) is 0 Å². The molecule has 2 aromatic rings. The smallest absolute Gasteiger partial charge is 0.274 e. The summed E-state index contributed by atoms with van der Waals surface area (Å²) in [6, 6.07) is 2.07. The van der Waals surface area contributed by atoms with E-state index in [2.05, 4.69) is 25.2 Å². The van der Waals surface area contributed by atoms with Crippen LogP contribution < -0.4 is 0 Å². The lowest BCUT2D eigenvalue weighted by Gasteiger charge is -2.23. The molecule has 8 nitrogen and oxygen atoms in total. The quantitative estimate of drug-likeness (QED) is 0.894. The Morgan fingerprint density at radius 3 is 2.96 bits per heavy atom. The van der Waals surface area contributed by atoms with Gasteiger partial charge in [-0.1, -0.05) is 19.0 Å². The Bertz CT molecular complexity index is 707. The van der Waals surface area contributed by atoms with Gasteiger partial charge in [0.15, 0.2) is 5.82 Å². The number of H-pyrrole nitrogens is 1. The number of hydrogen-bond donors (Lipinski definition) is 1. The van der Waals surface area contributed by atoms with Gasteiger partial charge in [-0.25, -0.2) is 0 Å². The summed E-state index contributed by atoms with van der Waals surface area (Å²) in [6.45, 7) is 7.99. The largest absolute Gasteiger partial charge is 0.339 e. The zero-order chi connectivity index (χ0) is 17.3. The summed E-state index contributed by atoms with van der Waals surface area (Å²) < 4.78 is 5.25. The molecule has 0 saturated carbocycles. The number of carbonyl (C=O) groups excluding carboxylic acids is 1. The van der Waals surface area contributed by atoms with Crippen LogP contribution in [-0.2, 0) is 6.54 Å². The maximum absolute atomic E-state index is 12.5. The van der Waals surface area contributed by atoms with Gasteiger partial charge in [0.1, 0.15) is 5.69 Å². The van der Waals surface area contributed by atoms with Crippen molar-refractivity contribution in [3.8, 4) is 0 Å². The van der Waals surface area contributed by atoms with Gasteiger partial charge in [0.25, 0.3) is 5.91 Å². The van der Waals surface area contributed by atoms with Crippen LogP contribution in [0.4, 0.5) is 0 Å². The van der Waals surface area contributed by atoms with Crippen LogP contribution >= 0.6 is 0 Å². The van der Waals surface area contributed by atoms with Crippen LogP contribution in [0.25, 0.3) is 0 Å². The van der Waals surface area contributed by atoms with Crippen LogP contribution in [0.3, 0.4) is 0 Å². The average molecular weight is 332 g/mol. The van der Waals surface area contributed by atoms with Crippen molar-refractivity contribution in [1.82, 2.24) is 30.1 Å². The molecule has 130 valence electrons. The Labute approximate surface area is 141 Å². The number of aromatic nitrogens is 4. The molecule has 8 heteroatoms. The van der Waals surface area contributed by atoms with Gasteiger partial charge in [0.2, 0.25) is 5.89 Å². The van der Waals surface area contributed by atoms with Gasteiger partial charge in [-0.3, -0.25) is 14.8 Å². The molecular weight excluding hydrogens is 308 g/mol. The van der Waals surface area contributed by atoms with Crippen LogP contribution in [0.2, 0.25) is 0 Å². The van der Waals surface area contributed by atoms with E-state index in [0.29, 0.717) is 30.5 Å². The highest BCUT2D eigenvalue weighted by atomic mass is 16.5. The average Bonchev–Trinajstić information content (AvgIpc) is 3.26. The van der Waals surface area contributed by atoms with E-state index >= 15 is 0 Å². The maximum Gasteiger partial charge on any atom is 0.274 e. The lowest BCUT2D eigenvalue weighted by Crippen LogP contribution is -2.36. The van der Waals surface area contributed by atoms with Gasteiger partial charge in [-0.05, 0) is 26.5 Å². The summed E-state index contributed by atoms with van der Waals surface area (Å²) in [5, 5.41) is 10.9. The summed E-state index contributed by atoms with van der Waals surface area (Å²) in [5.74, 6) is 1.56. The standard InChI is InChI=1S/C16H24N6O2/c1-10(2)15-17-14(20-24-15)9-21(4)12-5-6-22(8-12)16(23)13-7-11(3)18-19-13/h7,10,12H,5-6,8-9H2,1-4H3,(H,18,19). The first-order valence-corrected chi connectivity index (χ1v) is 8.28.